The van der Waals surface area contributed by atoms with Crippen LogP contribution < -0.4 is 11.1 Å². The van der Waals surface area contributed by atoms with Crippen LogP contribution >= 0.6 is 0 Å². The number of nitrogens with zero attached hydrogens (tertiary/aromatic N) is 2. The molecule has 0 fully saturated rings. The zero-order valence-corrected chi connectivity index (χ0v) is 10.8. The first-order valence-corrected chi connectivity index (χ1v) is 6.18. The number of hydrogen-bond donors (Lipinski definition) is 3. The van der Waals surface area contributed by atoms with Gasteiger partial charge in [-0.2, -0.15) is 4.98 Å². The number of primary amides is 1. The number of hydrogen-bond acceptors (Lipinski definition) is 6. The van der Waals surface area contributed by atoms with Gasteiger partial charge in [-0.15, -0.1) is 0 Å². The Bertz CT molecular complexity index is 556. The molecule has 1 atom stereocenters. The molecule has 2 aromatic rings. The lowest BCUT2D eigenvalue weighted by Gasteiger charge is -2.05. The van der Waals surface area contributed by atoms with Crippen molar-refractivity contribution in [2.45, 2.75) is 19.1 Å². The Labute approximate surface area is 115 Å². The molecule has 0 aliphatic rings. The second-order valence-corrected chi connectivity index (χ2v) is 4.32. The third kappa shape index (κ3) is 4.15. The summed E-state index contributed by atoms with van der Waals surface area (Å²) in [4.78, 5) is 14.8. The van der Waals surface area contributed by atoms with E-state index in [-0.39, 0.29) is 13.1 Å². The van der Waals surface area contributed by atoms with Gasteiger partial charge in [0.1, 0.15) is 6.10 Å². The lowest BCUT2D eigenvalue weighted by atomic mass is 10.1. The number of benzene rings is 1. The fourth-order valence-electron chi connectivity index (χ4n) is 1.63. The molecular formula is C13H16N4O3. The minimum absolute atomic E-state index is 0.0474. The summed E-state index contributed by atoms with van der Waals surface area (Å²) in [6, 6.07) is 9.81. The first-order chi connectivity index (χ1) is 9.65. The number of aromatic nitrogens is 2. The van der Waals surface area contributed by atoms with Crippen molar-refractivity contribution in [1.29, 1.82) is 0 Å². The van der Waals surface area contributed by atoms with E-state index in [0.717, 1.165) is 5.56 Å². The van der Waals surface area contributed by atoms with Gasteiger partial charge in [-0.25, -0.2) is 0 Å². The quantitative estimate of drug-likeness (QED) is 0.633. The van der Waals surface area contributed by atoms with Gasteiger partial charge in [0.25, 0.3) is 0 Å². The number of aliphatic hydroxyl groups is 1. The number of nitrogens with one attached hydrogen (secondary N) is 1. The highest BCUT2D eigenvalue weighted by Gasteiger charge is 2.11. The molecule has 0 radical (unpaired) electrons. The summed E-state index contributed by atoms with van der Waals surface area (Å²) < 4.78 is 5.06. The minimum atomic E-state index is -1.22. The summed E-state index contributed by atoms with van der Waals surface area (Å²) in [5, 5.41) is 15.9. The van der Waals surface area contributed by atoms with Crippen LogP contribution in [-0.4, -0.2) is 33.8 Å². The molecule has 1 unspecified atom stereocenters. The van der Waals surface area contributed by atoms with Gasteiger partial charge in [0.2, 0.25) is 11.8 Å². The molecule has 0 aliphatic carbocycles. The lowest BCUT2D eigenvalue weighted by molar-refractivity contribution is -0.125. The van der Waals surface area contributed by atoms with Crippen LogP contribution in [0.3, 0.4) is 0 Å². The van der Waals surface area contributed by atoms with Gasteiger partial charge in [0.15, 0.2) is 5.82 Å². The number of rotatable bonds is 7. The van der Waals surface area contributed by atoms with Crippen LogP contribution in [0.15, 0.2) is 34.9 Å². The lowest BCUT2D eigenvalue weighted by Crippen LogP contribution is -2.37. The van der Waals surface area contributed by atoms with Gasteiger partial charge < -0.3 is 20.7 Å². The molecule has 7 nitrogen and oxygen atoms in total. The van der Waals surface area contributed by atoms with Gasteiger partial charge in [-0.1, -0.05) is 35.5 Å². The maximum Gasteiger partial charge on any atom is 0.247 e. The van der Waals surface area contributed by atoms with E-state index < -0.39 is 12.0 Å². The monoisotopic (exact) mass is 276 g/mol. The Hall–Kier alpha value is -2.25. The van der Waals surface area contributed by atoms with Crippen LogP contribution in [0.5, 0.6) is 0 Å². The zero-order valence-electron chi connectivity index (χ0n) is 10.8. The Kier molecular flexibility index (Phi) is 4.80. The van der Waals surface area contributed by atoms with E-state index in [1.807, 2.05) is 30.3 Å². The second-order valence-electron chi connectivity index (χ2n) is 4.32. The highest BCUT2D eigenvalue weighted by molar-refractivity contribution is 5.78. The molecule has 20 heavy (non-hydrogen) atoms. The molecule has 4 N–H and O–H groups in total. The summed E-state index contributed by atoms with van der Waals surface area (Å²) in [7, 11) is 0. The van der Waals surface area contributed by atoms with E-state index in [1.54, 1.807) is 0 Å². The van der Waals surface area contributed by atoms with Crippen molar-refractivity contribution in [3.63, 3.8) is 0 Å². The smallest absolute Gasteiger partial charge is 0.247 e. The van der Waals surface area contributed by atoms with Gasteiger partial charge in [-0.3, -0.25) is 4.79 Å². The van der Waals surface area contributed by atoms with E-state index in [1.165, 1.54) is 0 Å². The van der Waals surface area contributed by atoms with Gasteiger partial charge in [0, 0.05) is 13.0 Å². The number of carbonyl (C=O) groups is 1. The molecule has 106 valence electrons. The average Bonchev–Trinajstić information content (AvgIpc) is 2.87. The largest absolute Gasteiger partial charge is 0.382 e. The zero-order chi connectivity index (χ0) is 14.4. The molecule has 0 saturated heterocycles. The van der Waals surface area contributed by atoms with Crippen molar-refractivity contribution in [3.05, 3.63) is 47.6 Å². The Morgan fingerprint density at radius 2 is 2.15 bits per heavy atom. The van der Waals surface area contributed by atoms with E-state index in [2.05, 4.69) is 15.5 Å². The van der Waals surface area contributed by atoms with E-state index in [0.29, 0.717) is 18.1 Å². The maximum absolute atomic E-state index is 10.6. The molecule has 1 aromatic carbocycles. The number of amides is 1. The van der Waals surface area contributed by atoms with Crippen molar-refractivity contribution in [3.8, 4) is 0 Å². The molecule has 0 saturated carbocycles. The fourth-order valence-corrected chi connectivity index (χ4v) is 1.63. The van der Waals surface area contributed by atoms with Crippen LogP contribution in [0.4, 0.5) is 0 Å². The Morgan fingerprint density at radius 3 is 2.85 bits per heavy atom. The van der Waals surface area contributed by atoms with Crippen LogP contribution in [0.25, 0.3) is 0 Å². The van der Waals surface area contributed by atoms with E-state index >= 15 is 0 Å². The molecule has 2 rings (SSSR count). The molecular weight excluding hydrogens is 260 g/mol. The van der Waals surface area contributed by atoms with Gasteiger partial charge in [-0.05, 0) is 5.56 Å². The Balaban J connectivity index is 1.82. The van der Waals surface area contributed by atoms with Crippen molar-refractivity contribution >= 4 is 5.91 Å². The summed E-state index contributed by atoms with van der Waals surface area (Å²) in [5.74, 6) is 0.212. The fraction of sp³-hybridized carbons (Fsp3) is 0.308. The van der Waals surface area contributed by atoms with Gasteiger partial charge >= 0.3 is 0 Å². The maximum atomic E-state index is 10.6. The molecule has 0 spiro atoms. The highest BCUT2D eigenvalue weighted by atomic mass is 16.5. The average molecular weight is 276 g/mol. The molecule has 0 aliphatic heterocycles. The molecule has 1 amide bonds. The Morgan fingerprint density at radius 1 is 1.40 bits per heavy atom. The van der Waals surface area contributed by atoms with E-state index in [9.17, 15) is 9.90 Å². The second kappa shape index (κ2) is 6.78. The van der Waals surface area contributed by atoms with Crippen LogP contribution in [-0.2, 0) is 17.8 Å². The van der Waals surface area contributed by atoms with Crippen molar-refractivity contribution < 1.29 is 14.4 Å². The van der Waals surface area contributed by atoms with Crippen molar-refractivity contribution in [2.75, 3.05) is 6.54 Å². The predicted molar refractivity (Wildman–Crippen MR) is 70.5 cm³/mol. The number of nitrogens with two attached hydrogens (primary N) is 1. The first-order valence-electron chi connectivity index (χ1n) is 6.18. The summed E-state index contributed by atoms with van der Waals surface area (Å²) in [6.45, 7) is 0.317. The molecule has 0 bridgehead atoms. The highest BCUT2D eigenvalue weighted by Crippen LogP contribution is 2.06. The first kappa shape index (κ1) is 14.2. The predicted octanol–water partition coefficient (Wildman–Crippen LogP) is -0.404. The standard InChI is InChI=1S/C13H16N4O3/c14-13(19)10(18)7-15-8-12-16-11(17-20-12)6-9-4-2-1-3-5-9/h1-5,10,15,18H,6-8H2,(H2,14,19). The summed E-state index contributed by atoms with van der Waals surface area (Å²) >= 11 is 0. The third-order valence-corrected chi connectivity index (χ3v) is 2.66. The van der Waals surface area contributed by atoms with E-state index in [4.69, 9.17) is 10.3 Å². The topological polar surface area (TPSA) is 114 Å². The number of carbonyl (C=O) groups excluding carboxylic acids is 1. The summed E-state index contributed by atoms with van der Waals surface area (Å²) in [6.07, 6.45) is -0.629. The molecule has 7 heteroatoms. The SMILES string of the molecule is NC(=O)C(O)CNCc1nc(Cc2ccccc2)no1. The molecule has 1 heterocycles. The minimum Gasteiger partial charge on any atom is -0.382 e. The third-order valence-electron chi connectivity index (χ3n) is 2.66. The van der Waals surface area contributed by atoms with Crippen LogP contribution in [0.1, 0.15) is 17.3 Å². The van der Waals surface area contributed by atoms with Crippen molar-refractivity contribution in [1.82, 2.24) is 15.5 Å². The van der Waals surface area contributed by atoms with Gasteiger partial charge in [0.05, 0.1) is 6.54 Å². The number of aliphatic hydroxyl groups excluding tert-OH is 1. The normalized spacial score (nSPS) is 12.2. The molecule has 1 aromatic heterocycles. The van der Waals surface area contributed by atoms with Crippen LogP contribution in [0.2, 0.25) is 0 Å². The summed E-state index contributed by atoms with van der Waals surface area (Å²) in [5.41, 5.74) is 6.02. The van der Waals surface area contributed by atoms with Crippen LogP contribution in [0, 0.1) is 0 Å². The van der Waals surface area contributed by atoms with Crippen molar-refractivity contribution in [2.24, 2.45) is 5.73 Å².